The average molecular weight is 382 g/mol. The minimum absolute atomic E-state index is 0.313. The molecule has 1 N–H and O–H groups in total. The molecule has 0 unspecified atom stereocenters. The maximum Gasteiger partial charge on any atom is 0.247 e. The number of nitrogens with zero attached hydrogens (tertiary/aromatic N) is 3. The van der Waals surface area contributed by atoms with Crippen LogP contribution in [0.4, 0.5) is 10.1 Å². The highest BCUT2D eigenvalue weighted by molar-refractivity contribution is 7.99. The molecule has 1 aromatic heterocycles. The second-order valence-corrected chi connectivity index (χ2v) is 7.26. The molecule has 27 heavy (non-hydrogen) atoms. The number of rotatable bonds is 5. The largest absolute Gasteiger partial charge is 0.448 e. The lowest BCUT2D eigenvalue weighted by Gasteiger charge is -2.19. The van der Waals surface area contributed by atoms with Crippen LogP contribution in [-0.2, 0) is 0 Å². The van der Waals surface area contributed by atoms with Crippen molar-refractivity contribution in [3.8, 4) is 17.1 Å². The van der Waals surface area contributed by atoms with Gasteiger partial charge in [-0.2, -0.15) is 4.98 Å². The summed E-state index contributed by atoms with van der Waals surface area (Å²) in [6, 6.07) is 14.1. The number of benzene rings is 2. The Balaban J connectivity index is 1.74. The van der Waals surface area contributed by atoms with E-state index in [0.29, 0.717) is 22.3 Å². The first kappa shape index (κ1) is 17.7. The van der Waals surface area contributed by atoms with E-state index >= 15 is 0 Å². The summed E-state index contributed by atoms with van der Waals surface area (Å²) < 4.78 is 19.9. The van der Waals surface area contributed by atoms with Crippen molar-refractivity contribution in [2.75, 3.05) is 11.1 Å². The van der Waals surface area contributed by atoms with E-state index in [0.717, 1.165) is 29.8 Å². The zero-order valence-electron chi connectivity index (χ0n) is 14.9. The number of ether oxygens (including phenoxy) is 1. The maximum absolute atomic E-state index is 13.7. The summed E-state index contributed by atoms with van der Waals surface area (Å²) in [5, 5.41) is 12.5. The first-order valence-electron chi connectivity index (χ1n) is 8.90. The van der Waals surface area contributed by atoms with Crippen LogP contribution >= 0.6 is 11.8 Å². The molecule has 0 aliphatic carbocycles. The first-order valence-corrected chi connectivity index (χ1v) is 9.88. The summed E-state index contributed by atoms with van der Waals surface area (Å²) in [5.74, 6) is 1.02. The minimum Gasteiger partial charge on any atom is -0.448 e. The van der Waals surface area contributed by atoms with Gasteiger partial charge in [0, 0.05) is 22.6 Å². The van der Waals surface area contributed by atoms with Crippen molar-refractivity contribution < 1.29 is 9.13 Å². The Bertz CT molecular complexity index is 953. The van der Waals surface area contributed by atoms with Gasteiger partial charge in [0.2, 0.25) is 11.0 Å². The zero-order chi connectivity index (χ0) is 18.6. The molecular weight excluding hydrogens is 363 g/mol. The third-order valence-corrected chi connectivity index (χ3v) is 5.14. The number of fused-ring (bicyclic) bond motifs is 3. The number of halogens is 1. The Morgan fingerprint density at radius 2 is 2.04 bits per heavy atom. The minimum atomic E-state index is -0.576. The molecule has 1 atom stereocenters. The van der Waals surface area contributed by atoms with Crippen LogP contribution in [0.3, 0.4) is 0 Å². The van der Waals surface area contributed by atoms with Crippen LogP contribution < -0.4 is 10.1 Å². The van der Waals surface area contributed by atoms with Crippen molar-refractivity contribution >= 4 is 17.4 Å². The standard InChI is InChI=1S/C20H19FN4OS/c1-2-3-11-27-20-23-19-17(24-25-20)15-9-4-5-10-16(15)22-18(26-19)13-7-6-8-14(21)12-13/h4-10,12,18,22H,2-3,11H2,1H3/t18-/m0/s1. The Morgan fingerprint density at radius 3 is 2.89 bits per heavy atom. The summed E-state index contributed by atoms with van der Waals surface area (Å²) in [4.78, 5) is 4.58. The third-order valence-electron chi connectivity index (χ3n) is 4.21. The third kappa shape index (κ3) is 3.88. The van der Waals surface area contributed by atoms with Crippen molar-refractivity contribution in [2.24, 2.45) is 0 Å². The predicted molar refractivity (Wildman–Crippen MR) is 104 cm³/mol. The van der Waals surface area contributed by atoms with Crippen LogP contribution in [0.5, 0.6) is 5.88 Å². The van der Waals surface area contributed by atoms with E-state index in [-0.39, 0.29) is 5.82 Å². The van der Waals surface area contributed by atoms with Crippen LogP contribution in [-0.4, -0.2) is 20.9 Å². The van der Waals surface area contributed by atoms with E-state index in [1.54, 1.807) is 17.8 Å². The molecule has 138 valence electrons. The predicted octanol–water partition coefficient (Wildman–Crippen LogP) is 5.07. The van der Waals surface area contributed by atoms with Crippen molar-refractivity contribution in [2.45, 2.75) is 31.1 Å². The van der Waals surface area contributed by atoms with Gasteiger partial charge in [-0.05, 0) is 24.6 Å². The smallest absolute Gasteiger partial charge is 0.247 e. The summed E-state index contributed by atoms with van der Waals surface area (Å²) in [5.41, 5.74) is 2.96. The van der Waals surface area contributed by atoms with Crippen LogP contribution in [0.25, 0.3) is 11.3 Å². The first-order chi connectivity index (χ1) is 13.2. The van der Waals surface area contributed by atoms with Gasteiger partial charge in [0.25, 0.3) is 0 Å². The Labute approximate surface area is 161 Å². The SMILES string of the molecule is CCCCSc1nnc2c(n1)O[C@@H](c1cccc(F)c1)Nc1ccccc1-2. The molecule has 0 amide bonds. The number of aromatic nitrogens is 3. The summed E-state index contributed by atoms with van der Waals surface area (Å²) >= 11 is 1.56. The van der Waals surface area contributed by atoms with E-state index in [4.69, 9.17) is 4.74 Å². The fourth-order valence-electron chi connectivity index (χ4n) is 2.84. The zero-order valence-corrected chi connectivity index (χ0v) is 15.7. The number of nitrogens with one attached hydrogen (secondary N) is 1. The van der Waals surface area contributed by atoms with E-state index in [2.05, 4.69) is 27.4 Å². The van der Waals surface area contributed by atoms with Crippen molar-refractivity contribution in [1.29, 1.82) is 0 Å². The van der Waals surface area contributed by atoms with Crippen LogP contribution in [0.15, 0.2) is 53.7 Å². The van der Waals surface area contributed by atoms with Gasteiger partial charge in [0.15, 0.2) is 11.9 Å². The van der Waals surface area contributed by atoms with Crippen LogP contribution in [0.2, 0.25) is 0 Å². The molecule has 0 bridgehead atoms. The fraction of sp³-hybridized carbons (Fsp3) is 0.250. The molecule has 7 heteroatoms. The molecule has 0 fully saturated rings. The van der Waals surface area contributed by atoms with Gasteiger partial charge in [0.05, 0.1) is 0 Å². The van der Waals surface area contributed by atoms with Gasteiger partial charge in [-0.1, -0.05) is 55.4 Å². The molecule has 0 saturated heterocycles. The molecule has 1 aliphatic rings. The van der Waals surface area contributed by atoms with Gasteiger partial charge in [-0.3, -0.25) is 0 Å². The van der Waals surface area contributed by atoms with Crippen molar-refractivity contribution in [3.05, 3.63) is 59.9 Å². The maximum atomic E-state index is 13.7. The van der Waals surface area contributed by atoms with Crippen LogP contribution in [0, 0.1) is 5.82 Å². The number of para-hydroxylation sites is 1. The molecule has 0 saturated carbocycles. The van der Waals surface area contributed by atoms with Crippen LogP contribution in [0.1, 0.15) is 31.6 Å². The lowest BCUT2D eigenvalue weighted by Crippen LogP contribution is -2.17. The Hall–Kier alpha value is -2.67. The highest BCUT2D eigenvalue weighted by Gasteiger charge is 2.26. The topological polar surface area (TPSA) is 59.9 Å². The van der Waals surface area contributed by atoms with Gasteiger partial charge in [-0.15, -0.1) is 10.2 Å². The normalized spacial score (nSPS) is 15.1. The van der Waals surface area contributed by atoms with Crippen molar-refractivity contribution in [1.82, 2.24) is 15.2 Å². The second kappa shape index (κ2) is 7.92. The molecule has 1 aliphatic heterocycles. The van der Waals surface area contributed by atoms with Gasteiger partial charge in [-0.25, -0.2) is 4.39 Å². The Morgan fingerprint density at radius 1 is 1.15 bits per heavy atom. The van der Waals surface area contributed by atoms with Gasteiger partial charge < -0.3 is 10.1 Å². The number of hydrogen-bond acceptors (Lipinski definition) is 6. The quantitative estimate of drug-likeness (QED) is 0.491. The highest BCUT2D eigenvalue weighted by Crippen LogP contribution is 2.39. The number of hydrogen-bond donors (Lipinski definition) is 1. The summed E-state index contributed by atoms with van der Waals surface area (Å²) in [6.07, 6.45) is 1.62. The molecule has 5 nitrogen and oxygen atoms in total. The van der Waals surface area contributed by atoms with Crippen molar-refractivity contribution in [3.63, 3.8) is 0 Å². The van der Waals surface area contributed by atoms with E-state index < -0.39 is 6.23 Å². The van der Waals surface area contributed by atoms with E-state index in [1.807, 2.05) is 30.3 Å². The molecular formula is C20H19FN4OS. The molecule has 0 spiro atoms. The molecule has 0 radical (unpaired) electrons. The second-order valence-electron chi connectivity index (χ2n) is 6.19. The monoisotopic (exact) mass is 382 g/mol. The molecule has 2 aromatic carbocycles. The lowest BCUT2D eigenvalue weighted by molar-refractivity contribution is 0.225. The summed E-state index contributed by atoms with van der Waals surface area (Å²) in [7, 11) is 0. The lowest BCUT2D eigenvalue weighted by atomic mass is 10.1. The summed E-state index contributed by atoms with van der Waals surface area (Å²) in [6.45, 7) is 2.14. The van der Waals surface area contributed by atoms with Gasteiger partial charge in [0.1, 0.15) is 5.82 Å². The number of anilines is 1. The highest BCUT2D eigenvalue weighted by atomic mass is 32.2. The van der Waals surface area contributed by atoms with E-state index in [1.165, 1.54) is 12.1 Å². The average Bonchev–Trinajstić information content (AvgIpc) is 2.85. The number of thioether (sulfide) groups is 1. The van der Waals surface area contributed by atoms with Gasteiger partial charge >= 0.3 is 0 Å². The number of unbranched alkanes of at least 4 members (excludes halogenated alkanes) is 1. The van der Waals surface area contributed by atoms with E-state index in [9.17, 15) is 4.39 Å². The Kier molecular flexibility index (Phi) is 5.20. The molecule has 3 aromatic rings. The fourth-order valence-corrected chi connectivity index (χ4v) is 3.70. The molecule has 4 rings (SSSR count). The molecule has 2 heterocycles.